The zero-order chi connectivity index (χ0) is 23.5. The molecular weight excluding hydrogens is 432 g/mol. The molecule has 1 saturated heterocycles. The van der Waals surface area contributed by atoms with E-state index in [0.29, 0.717) is 30.6 Å². The van der Waals surface area contributed by atoms with Gasteiger partial charge in [0.1, 0.15) is 35.5 Å². The molecule has 176 valence electrons. The Morgan fingerprint density at radius 1 is 1.18 bits per heavy atom. The van der Waals surface area contributed by atoms with Gasteiger partial charge in [-0.2, -0.15) is 0 Å². The summed E-state index contributed by atoms with van der Waals surface area (Å²) in [5.74, 6) is 2.60. The Kier molecular flexibility index (Phi) is 6.29. The molecule has 4 heterocycles. The molecule has 0 spiro atoms. The monoisotopic (exact) mass is 460 g/mol. The normalized spacial score (nSPS) is 16.1. The molecule has 9 nitrogen and oxygen atoms in total. The van der Waals surface area contributed by atoms with Crippen LogP contribution < -0.4 is 14.8 Å². The SMILES string of the molecule is Cc1ccc(Oc2ccc(Nc3nccc4[nH]nc(OCCN5CCC[C@@H]5O)c34)cc2C)cn1. The number of aliphatic hydroxyl groups is 1. The second kappa shape index (κ2) is 9.66. The predicted octanol–water partition coefficient (Wildman–Crippen LogP) is 4.30. The van der Waals surface area contributed by atoms with Crippen molar-refractivity contribution in [3.63, 3.8) is 0 Å². The quantitative estimate of drug-likeness (QED) is 0.357. The zero-order valence-corrected chi connectivity index (χ0v) is 19.3. The average Bonchev–Trinajstić information content (AvgIpc) is 3.44. The van der Waals surface area contributed by atoms with Crippen molar-refractivity contribution < 1.29 is 14.6 Å². The van der Waals surface area contributed by atoms with Crippen LogP contribution in [0.5, 0.6) is 17.4 Å². The van der Waals surface area contributed by atoms with E-state index in [2.05, 4.69) is 25.5 Å². The van der Waals surface area contributed by atoms with Crippen molar-refractivity contribution >= 4 is 22.4 Å². The van der Waals surface area contributed by atoms with Crippen LogP contribution in [0.4, 0.5) is 11.5 Å². The third-order valence-corrected chi connectivity index (χ3v) is 5.94. The van der Waals surface area contributed by atoms with Crippen LogP contribution in [0, 0.1) is 13.8 Å². The summed E-state index contributed by atoms with van der Waals surface area (Å²) in [6.07, 6.45) is 4.89. The van der Waals surface area contributed by atoms with Crippen molar-refractivity contribution in [3.8, 4) is 17.4 Å². The number of aliphatic hydroxyl groups excluding tert-OH is 1. The van der Waals surface area contributed by atoms with Crippen LogP contribution in [0.25, 0.3) is 10.9 Å². The number of aromatic amines is 1. The molecule has 0 unspecified atom stereocenters. The molecule has 1 fully saturated rings. The smallest absolute Gasteiger partial charge is 0.244 e. The number of likely N-dealkylation sites (tertiary alicyclic amines) is 1. The molecule has 0 bridgehead atoms. The van der Waals surface area contributed by atoms with Gasteiger partial charge in [-0.05, 0) is 68.7 Å². The number of nitrogens with one attached hydrogen (secondary N) is 2. The number of pyridine rings is 2. The van der Waals surface area contributed by atoms with E-state index in [-0.39, 0.29) is 6.23 Å². The summed E-state index contributed by atoms with van der Waals surface area (Å²) in [7, 11) is 0. The summed E-state index contributed by atoms with van der Waals surface area (Å²) in [5, 5.41) is 21.5. The molecule has 0 radical (unpaired) electrons. The number of hydrogen-bond donors (Lipinski definition) is 3. The highest BCUT2D eigenvalue weighted by atomic mass is 16.5. The first-order valence-corrected chi connectivity index (χ1v) is 11.4. The molecule has 5 rings (SSSR count). The molecule has 9 heteroatoms. The van der Waals surface area contributed by atoms with E-state index in [4.69, 9.17) is 9.47 Å². The van der Waals surface area contributed by atoms with Crippen LogP contribution >= 0.6 is 0 Å². The topological polar surface area (TPSA) is 108 Å². The highest BCUT2D eigenvalue weighted by Crippen LogP contribution is 2.33. The Morgan fingerprint density at radius 2 is 2.09 bits per heavy atom. The molecule has 1 aliphatic rings. The van der Waals surface area contributed by atoms with Gasteiger partial charge in [-0.3, -0.25) is 15.0 Å². The maximum atomic E-state index is 9.98. The molecule has 3 aromatic heterocycles. The summed E-state index contributed by atoms with van der Waals surface area (Å²) in [5.41, 5.74) is 3.63. The number of aryl methyl sites for hydroxylation is 2. The van der Waals surface area contributed by atoms with Crippen LogP contribution in [-0.2, 0) is 0 Å². The van der Waals surface area contributed by atoms with E-state index in [0.717, 1.165) is 53.0 Å². The fourth-order valence-electron chi connectivity index (χ4n) is 4.09. The van der Waals surface area contributed by atoms with Gasteiger partial charge in [-0.1, -0.05) is 0 Å². The first-order valence-electron chi connectivity index (χ1n) is 11.4. The number of benzene rings is 1. The zero-order valence-electron chi connectivity index (χ0n) is 19.3. The molecular formula is C25H28N6O3. The Bertz CT molecular complexity index is 1270. The van der Waals surface area contributed by atoms with Crippen LogP contribution in [0.15, 0.2) is 48.8 Å². The lowest BCUT2D eigenvalue weighted by Gasteiger charge is -2.19. The minimum absolute atomic E-state index is 0.379. The van der Waals surface area contributed by atoms with Crippen molar-refractivity contribution in [2.45, 2.75) is 32.9 Å². The van der Waals surface area contributed by atoms with Crippen molar-refractivity contribution in [2.75, 3.05) is 25.0 Å². The second-order valence-electron chi connectivity index (χ2n) is 8.46. The van der Waals surface area contributed by atoms with Crippen molar-refractivity contribution in [2.24, 2.45) is 0 Å². The molecule has 0 saturated carbocycles. The largest absolute Gasteiger partial charge is 0.475 e. The van der Waals surface area contributed by atoms with E-state index in [9.17, 15) is 5.11 Å². The lowest BCUT2D eigenvalue weighted by atomic mass is 10.2. The van der Waals surface area contributed by atoms with Crippen molar-refractivity contribution in [3.05, 3.63) is 60.0 Å². The molecule has 3 N–H and O–H groups in total. The van der Waals surface area contributed by atoms with Gasteiger partial charge >= 0.3 is 0 Å². The van der Waals surface area contributed by atoms with E-state index < -0.39 is 0 Å². The average molecular weight is 461 g/mol. The van der Waals surface area contributed by atoms with E-state index in [1.807, 2.05) is 55.1 Å². The predicted molar refractivity (Wildman–Crippen MR) is 130 cm³/mol. The molecule has 4 aromatic rings. The van der Waals surface area contributed by atoms with Crippen molar-refractivity contribution in [1.82, 2.24) is 25.1 Å². The van der Waals surface area contributed by atoms with Gasteiger partial charge in [0.2, 0.25) is 5.88 Å². The number of ether oxygens (including phenoxy) is 2. The molecule has 34 heavy (non-hydrogen) atoms. The fourth-order valence-corrected chi connectivity index (χ4v) is 4.09. The first-order chi connectivity index (χ1) is 16.6. The number of rotatable bonds is 8. The number of nitrogens with zero attached hydrogens (tertiary/aromatic N) is 4. The Labute approximate surface area is 197 Å². The number of H-pyrrole nitrogens is 1. The molecule has 0 amide bonds. The van der Waals surface area contributed by atoms with Gasteiger partial charge in [0, 0.05) is 30.7 Å². The molecule has 1 aromatic carbocycles. The van der Waals surface area contributed by atoms with E-state index in [1.165, 1.54) is 0 Å². The Balaban J connectivity index is 1.30. The van der Waals surface area contributed by atoms with Crippen LogP contribution in [0.2, 0.25) is 0 Å². The lowest BCUT2D eigenvalue weighted by Crippen LogP contribution is -2.32. The first kappa shape index (κ1) is 22.1. The van der Waals surface area contributed by atoms with Crippen molar-refractivity contribution in [1.29, 1.82) is 0 Å². The van der Waals surface area contributed by atoms with E-state index in [1.54, 1.807) is 12.4 Å². The van der Waals surface area contributed by atoms with Crippen LogP contribution in [0.1, 0.15) is 24.1 Å². The van der Waals surface area contributed by atoms with Crippen LogP contribution in [-0.4, -0.2) is 56.1 Å². The minimum atomic E-state index is -0.379. The van der Waals surface area contributed by atoms with Gasteiger partial charge in [-0.25, -0.2) is 4.98 Å². The van der Waals surface area contributed by atoms with Gasteiger partial charge < -0.3 is 19.9 Å². The minimum Gasteiger partial charge on any atom is -0.475 e. The summed E-state index contributed by atoms with van der Waals surface area (Å²) < 4.78 is 11.9. The lowest BCUT2D eigenvalue weighted by molar-refractivity contribution is 0.0298. The van der Waals surface area contributed by atoms with Gasteiger partial charge in [0.15, 0.2) is 0 Å². The third-order valence-electron chi connectivity index (χ3n) is 5.94. The summed E-state index contributed by atoms with van der Waals surface area (Å²) in [4.78, 5) is 10.8. The Hall–Kier alpha value is -3.69. The highest BCUT2D eigenvalue weighted by Gasteiger charge is 2.22. The standard InChI is InChI=1S/C25H28N6O3/c1-16-14-18(6-8-21(16)34-19-7-5-17(2)27-15-19)28-24-23-20(9-10-26-24)29-30-25(23)33-13-12-31-11-3-4-22(31)32/h5-10,14-15,22,32H,3-4,11-13H2,1-2H3,(H,26,28)(H,29,30)/t22-/m0/s1. The second-order valence-corrected chi connectivity index (χ2v) is 8.46. The van der Waals surface area contributed by atoms with Gasteiger partial charge in [0.05, 0.1) is 11.7 Å². The highest BCUT2D eigenvalue weighted by molar-refractivity contribution is 5.95. The fraction of sp³-hybridized carbons (Fsp3) is 0.320. The number of hydrogen-bond acceptors (Lipinski definition) is 8. The van der Waals surface area contributed by atoms with E-state index >= 15 is 0 Å². The third kappa shape index (κ3) is 4.80. The van der Waals surface area contributed by atoms with Gasteiger partial charge in [0.25, 0.3) is 0 Å². The molecule has 1 atom stereocenters. The number of aromatic nitrogens is 4. The summed E-state index contributed by atoms with van der Waals surface area (Å²) in [6.45, 7) is 5.91. The molecule has 0 aliphatic carbocycles. The van der Waals surface area contributed by atoms with Gasteiger partial charge in [-0.15, -0.1) is 5.10 Å². The summed E-state index contributed by atoms with van der Waals surface area (Å²) >= 11 is 0. The number of anilines is 2. The maximum absolute atomic E-state index is 9.98. The van der Waals surface area contributed by atoms with Crippen LogP contribution in [0.3, 0.4) is 0 Å². The maximum Gasteiger partial charge on any atom is 0.244 e. The molecule has 1 aliphatic heterocycles. The Morgan fingerprint density at radius 3 is 2.85 bits per heavy atom. The summed E-state index contributed by atoms with van der Waals surface area (Å²) in [6, 6.07) is 11.6. The number of fused-ring (bicyclic) bond motifs is 1.